The molecule has 4 aromatic rings. The van der Waals surface area contributed by atoms with E-state index in [-0.39, 0.29) is 24.6 Å². The Hall–Kier alpha value is -4.96. The fraction of sp³-hybridized carbons (Fsp3) is 0.100. The highest BCUT2D eigenvalue weighted by Gasteiger charge is 2.15. The number of ether oxygens (including phenoxy) is 2. The Labute approximate surface area is 213 Å². The molecular formula is C30H23FN2O4. The number of rotatable bonds is 8. The van der Waals surface area contributed by atoms with Crippen molar-refractivity contribution in [3.05, 3.63) is 113 Å². The van der Waals surface area contributed by atoms with Gasteiger partial charge >= 0.3 is 5.97 Å². The molecule has 0 atom stereocenters. The van der Waals surface area contributed by atoms with E-state index in [0.29, 0.717) is 28.1 Å². The zero-order chi connectivity index (χ0) is 26.2. The first kappa shape index (κ1) is 25.1. The van der Waals surface area contributed by atoms with E-state index >= 15 is 0 Å². The van der Waals surface area contributed by atoms with Gasteiger partial charge in [0, 0.05) is 11.3 Å². The van der Waals surface area contributed by atoms with E-state index in [1.165, 1.54) is 30.3 Å². The summed E-state index contributed by atoms with van der Waals surface area (Å²) in [5.74, 6) is -0.990. The van der Waals surface area contributed by atoms with Crippen molar-refractivity contribution in [3.8, 4) is 11.8 Å². The lowest BCUT2D eigenvalue weighted by atomic mass is 10.0. The Bertz CT molecular complexity index is 1520. The number of esters is 1. The molecule has 0 saturated heterocycles. The molecule has 0 spiro atoms. The van der Waals surface area contributed by atoms with Crippen LogP contribution in [0.1, 0.15) is 28.4 Å². The Morgan fingerprint density at radius 2 is 1.78 bits per heavy atom. The maximum Gasteiger partial charge on any atom is 0.338 e. The van der Waals surface area contributed by atoms with Crippen LogP contribution in [-0.4, -0.2) is 18.5 Å². The van der Waals surface area contributed by atoms with E-state index in [4.69, 9.17) is 9.47 Å². The summed E-state index contributed by atoms with van der Waals surface area (Å²) < 4.78 is 24.5. The van der Waals surface area contributed by atoms with Gasteiger partial charge in [0.15, 0.2) is 0 Å². The fourth-order valence-corrected chi connectivity index (χ4v) is 3.73. The van der Waals surface area contributed by atoms with Gasteiger partial charge in [-0.2, -0.15) is 5.26 Å². The van der Waals surface area contributed by atoms with E-state index in [1.54, 1.807) is 37.3 Å². The molecule has 0 aliphatic rings. The summed E-state index contributed by atoms with van der Waals surface area (Å²) in [4.78, 5) is 24.8. The van der Waals surface area contributed by atoms with Crippen molar-refractivity contribution in [3.63, 3.8) is 0 Å². The van der Waals surface area contributed by atoms with Crippen LogP contribution < -0.4 is 10.1 Å². The van der Waals surface area contributed by atoms with Gasteiger partial charge in [-0.15, -0.1) is 0 Å². The molecule has 0 aliphatic heterocycles. The second kappa shape index (κ2) is 11.6. The van der Waals surface area contributed by atoms with Gasteiger partial charge in [-0.25, -0.2) is 9.18 Å². The van der Waals surface area contributed by atoms with Crippen molar-refractivity contribution < 1.29 is 23.5 Å². The quantitative estimate of drug-likeness (QED) is 0.177. The lowest BCUT2D eigenvalue weighted by molar-refractivity contribution is -0.112. The summed E-state index contributed by atoms with van der Waals surface area (Å²) in [5, 5.41) is 14.2. The van der Waals surface area contributed by atoms with Crippen LogP contribution in [0, 0.1) is 17.1 Å². The average molecular weight is 495 g/mol. The number of halogens is 1. The summed E-state index contributed by atoms with van der Waals surface area (Å²) in [6, 6.07) is 25.4. The molecule has 0 fully saturated rings. The molecule has 0 aliphatic carbocycles. The van der Waals surface area contributed by atoms with E-state index in [0.717, 1.165) is 10.8 Å². The molecule has 0 aromatic heterocycles. The average Bonchev–Trinajstić information content (AvgIpc) is 2.91. The molecule has 37 heavy (non-hydrogen) atoms. The molecule has 0 radical (unpaired) electrons. The summed E-state index contributed by atoms with van der Waals surface area (Å²) in [5.41, 5.74) is 1.83. The van der Waals surface area contributed by atoms with E-state index in [2.05, 4.69) is 5.32 Å². The SMILES string of the molecule is CCOC(=O)c1ccc(NC(=O)/C(C#N)=C/c2c(OCc3cccc(F)c3)ccc3ccccc23)cc1. The van der Waals surface area contributed by atoms with Crippen molar-refractivity contribution in [1.29, 1.82) is 5.26 Å². The Kier molecular flexibility index (Phi) is 7.91. The lowest BCUT2D eigenvalue weighted by Gasteiger charge is -2.13. The molecular weight excluding hydrogens is 471 g/mol. The molecule has 0 unspecified atom stereocenters. The molecule has 4 rings (SSSR count). The third-order valence-electron chi connectivity index (χ3n) is 5.52. The predicted molar refractivity (Wildman–Crippen MR) is 139 cm³/mol. The number of amides is 1. The zero-order valence-electron chi connectivity index (χ0n) is 20.0. The van der Waals surface area contributed by atoms with Gasteiger partial charge in [0.05, 0.1) is 12.2 Å². The number of carbonyl (C=O) groups is 2. The zero-order valence-corrected chi connectivity index (χ0v) is 20.0. The number of nitriles is 1. The molecule has 1 amide bonds. The minimum absolute atomic E-state index is 0.109. The first-order chi connectivity index (χ1) is 18.0. The van der Waals surface area contributed by atoms with Crippen molar-refractivity contribution >= 4 is 34.4 Å². The first-order valence-corrected chi connectivity index (χ1v) is 11.6. The van der Waals surface area contributed by atoms with Crippen LogP contribution in [0.4, 0.5) is 10.1 Å². The monoisotopic (exact) mass is 494 g/mol. The Morgan fingerprint density at radius 3 is 2.51 bits per heavy atom. The highest BCUT2D eigenvalue weighted by atomic mass is 19.1. The minimum atomic E-state index is -0.615. The number of hydrogen-bond acceptors (Lipinski definition) is 5. The van der Waals surface area contributed by atoms with Crippen LogP contribution in [0.25, 0.3) is 16.8 Å². The number of hydrogen-bond donors (Lipinski definition) is 1. The van der Waals surface area contributed by atoms with Gasteiger partial charge in [-0.05, 0) is 71.8 Å². The molecule has 4 aromatic carbocycles. The molecule has 0 heterocycles. The van der Waals surface area contributed by atoms with Crippen molar-refractivity contribution in [2.45, 2.75) is 13.5 Å². The van der Waals surface area contributed by atoms with Crippen LogP contribution in [0.15, 0.2) is 90.5 Å². The van der Waals surface area contributed by atoms with Crippen molar-refractivity contribution in [2.75, 3.05) is 11.9 Å². The summed E-state index contributed by atoms with van der Waals surface area (Å²) in [7, 11) is 0. The number of carbonyl (C=O) groups excluding carboxylic acids is 2. The minimum Gasteiger partial charge on any atom is -0.488 e. The Balaban J connectivity index is 1.62. The Morgan fingerprint density at radius 1 is 1.00 bits per heavy atom. The van der Waals surface area contributed by atoms with Crippen LogP contribution in [0.5, 0.6) is 5.75 Å². The largest absolute Gasteiger partial charge is 0.488 e. The maximum atomic E-state index is 13.6. The van der Waals surface area contributed by atoms with Gasteiger partial charge in [0.2, 0.25) is 0 Å². The molecule has 6 nitrogen and oxygen atoms in total. The fourth-order valence-electron chi connectivity index (χ4n) is 3.73. The summed E-state index contributed by atoms with van der Waals surface area (Å²) in [6.07, 6.45) is 1.48. The third kappa shape index (κ3) is 6.19. The van der Waals surface area contributed by atoms with Gasteiger partial charge < -0.3 is 14.8 Å². The second-order valence-electron chi connectivity index (χ2n) is 8.04. The number of nitrogens with zero attached hydrogens (tertiary/aromatic N) is 1. The number of benzene rings is 4. The predicted octanol–water partition coefficient (Wildman–Crippen LogP) is 6.28. The van der Waals surface area contributed by atoms with E-state index < -0.39 is 11.9 Å². The van der Waals surface area contributed by atoms with Crippen molar-refractivity contribution in [1.82, 2.24) is 0 Å². The third-order valence-corrected chi connectivity index (χ3v) is 5.52. The number of anilines is 1. The molecule has 1 N–H and O–H groups in total. The van der Waals surface area contributed by atoms with Crippen LogP contribution in [0.2, 0.25) is 0 Å². The second-order valence-corrected chi connectivity index (χ2v) is 8.04. The normalized spacial score (nSPS) is 11.0. The lowest BCUT2D eigenvalue weighted by Crippen LogP contribution is -2.14. The van der Waals surface area contributed by atoms with Crippen LogP contribution in [0.3, 0.4) is 0 Å². The van der Waals surface area contributed by atoms with Gasteiger partial charge in [-0.1, -0.05) is 42.5 Å². The van der Waals surface area contributed by atoms with E-state index in [1.807, 2.05) is 36.4 Å². The molecule has 0 bridgehead atoms. The standard InChI is InChI=1S/C30H23FN2O4/c1-2-36-30(35)22-10-13-25(14-11-22)33-29(34)23(18-32)17-27-26-9-4-3-7-21(26)12-15-28(27)37-19-20-6-5-8-24(31)16-20/h3-17H,2,19H2,1H3,(H,33,34)/b23-17+. The van der Waals surface area contributed by atoms with Crippen molar-refractivity contribution in [2.24, 2.45) is 0 Å². The maximum absolute atomic E-state index is 13.6. The van der Waals surface area contributed by atoms with Crippen LogP contribution >= 0.6 is 0 Å². The smallest absolute Gasteiger partial charge is 0.338 e. The van der Waals surface area contributed by atoms with Gasteiger partial charge in [-0.3, -0.25) is 4.79 Å². The summed E-state index contributed by atoms with van der Waals surface area (Å²) >= 11 is 0. The molecule has 0 saturated carbocycles. The molecule has 184 valence electrons. The first-order valence-electron chi connectivity index (χ1n) is 11.6. The number of fused-ring (bicyclic) bond motifs is 1. The van der Waals surface area contributed by atoms with Gasteiger partial charge in [0.1, 0.15) is 29.8 Å². The van der Waals surface area contributed by atoms with Gasteiger partial charge in [0.25, 0.3) is 5.91 Å². The highest BCUT2D eigenvalue weighted by Crippen LogP contribution is 2.31. The number of nitrogens with one attached hydrogen (secondary N) is 1. The summed E-state index contributed by atoms with van der Waals surface area (Å²) in [6.45, 7) is 2.09. The van der Waals surface area contributed by atoms with E-state index in [9.17, 15) is 19.2 Å². The highest BCUT2D eigenvalue weighted by molar-refractivity contribution is 6.11. The molecule has 7 heteroatoms. The topological polar surface area (TPSA) is 88.4 Å². The van der Waals surface area contributed by atoms with Crippen LogP contribution in [-0.2, 0) is 16.1 Å².